The molecule has 0 spiro atoms. The maximum absolute atomic E-state index is 13.1. The number of aromatic nitrogens is 1. The molecular formula is C22H19N3O3. The van der Waals surface area contributed by atoms with E-state index in [2.05, 4.69) is 10.3 Å². The maximum atomic E-state index is 13.1. The third-order valence-corrected chi connectivity index (χ3v) is 4.58. The number of amides is 2. The zero-order valence-corrected chi connectivity index (χ0v) is 15.4. The first kappa shape index (κ1) is 17.7. The highest BCUT2D eigenvalue weighted by Crippen LogP contribution is 2.37. The molecule has 0 atom stereocenters. The molecule has 1 aliphatic heterocycles. The summed E-state index contributed by atoms with van der Waals surface area (Å²) in [4.78, 5) is 31.5. The molecule has 0 saturated carbocycles. The molecule has 0 unspecified atom stereocenters. The van der Waals surface area contributed by atoms with E-state index in [1.807, 2.05) is 37.3 Å². The summed E-state index contributed by atoms with van der Waals surface area (Å²) in [7, 11) is 0. The lowest BCUT2D eigenvalue weighted by atomic mass is 10.1. The monoisotopic (exact) mass is 373 g/mol. The third-order valence-electron chi connectivity index (χ3n) is 4.58. The second kappa shape index (κ2) is 7.52. The molecule has 0 aliphatic carbocycles. The molecule has 6 nitrogen and oxygen atoms in total. The standard InChI is InChI=1S/C22H19N3O3/c1-2-15-8-3-4-10-17(15)24-20(26)14-25-18-11-5-6-12-19(18)28-21-16(22(25)27)9-7-13-23-21/h3-13H,2,14H2,1H3,(H,24,26). The summed E-state index contributed by atoms with van der Waals surface area (Å²) in [6.45, 7) is 1.90. The number of ether oxygens (including phenoxy) is 1. The van der Waals surface area contributed by atoms with Crippen LogP contribution in [0.1, 0.15) is 22.8 Å². The van der Waals surface area contributed by atoms with Crippen LogP contribution < -0.4 is 15.0 Å². The maximum Gasteiger partial charge on any atom is 0.264 e. The molecule has 0 saturated heterocycles. The number of nitrogens with one attached hydrogen (secondary N) is 1. The van der Waals surface area contributed by atoms with Crippen molar-refractivity contribution in [3.05, 3.63) is 78.0 Å². The van der Waals surface area contributed by atoms with Crippen molar-refractivity contribution in [3.8, 4) is 11.6 Å². The Morgan fingerprint density at radius 1 is 1.07 bits per heavy atom. The largest absolute Gasteiger partial charge is 0.436 e. The number of pyridine rings is 1. The molecule has 3 aromatic rings. The third kappa shape index (κ3) is 3.32. The molecule has 1 N–H and O–H groups in total. The summed E-state index contributed by atoms with van der Waals surface area (Å²) in [5.74, 6) is 0.109. The zero-order chi connectivity index (χ0) is 19.5. The fourth-order valence-electron chi connectivity index (χ4n) is 3.20. The van der Waals surface area contributed by atoms with Crippen LogP contribution in [0.25, 0.3) is 0 Å². The molecule has 0 radical (unpaired) electrons. The van der Waals surface area contributed by atoms with E-state index in [1.54, 1.807) is 36.5 Å². The van der Waals surface area contributed by atoms with Crippen molar-refractivity contribution >= 4 is 23.2 Å². The molecule has 0 fully saturated rings. The fraction of sp³-hybridized carbons (Fsp3) is 0.136. The Kier molecular flexibility index (Phi) is 4.76. The summed E-state index contributed by atoms with van der Waals surface area (Å²) >= 11 is 0. The SMILES string of the molecule is CCc1ccccc1NC(=O)CN1C(=O)c2cccnc2Oc2ccccc21. The number of carbonyl (C=O) groups is 2. The van der Waals surface area contributed by atoms with Gasteiger partial charge in [-0.3, -0.25) is 14.5 Å². The molecule has 4 rings (SSSR count). The van der Waals surface area contributed by atoms with Gasteiger partial charge < -0.3 is 10.1 Å². The lowest BCUT2D eigenvalue weighted by Crippen LogP contribution is -2.37. The molecule has 28 heavy (non-hydrogen) atoms. The van der Waals surface area contributed by atoms with Crippen LogP contribution in [0.2, 0.25) is 0 Å². The Morgan fingerprint density at radius 2 is 1.86 bits per heavy atom. The summed E-state index contributed by atoms with van der Waals surface area (Å²) in [6, 6.07) is 18.1. The average Bonchev–Trinajstić information content (AvgIpc) is 2.83. The Balaban J connectivity index is 1.66. The van der Waals surface area contributed by atoms with Crippen molar-refractivity contribution in [3.63, 3.8) is 0 Å². The van der Waals surface area contributed by atoms with Crippen LogP contribution >= 0.6 is 0 Å². The van der Waals surface area contributed by atoms with Crippen molar-refractivity contribution in [1.82, 2.24) is 4.98 Å². The first-order valence-corrected chi connectivity index (χ1v) is 9.09. The quantitative estimate of drug-likeness (QED) is 0.749. The number of aryl methyl sites for hydroxylation is 1. The van der Waals surface area contributed by atoms with Gasteiger partial charge in [-0.1, -0.05) is 37.3 Å². The van der Waals surface area contributed by atoms with E-state index in [4.69, 9.17) is 4.74 Å². The van der Waals surface area contributed by atoms with Crippen molar-refractivity contribution in [2.75, 3.05) is 16.8 Å². The van der Waals surface area contributed by atoms with Gasteiger partial charge >= 0.3 is 0 Å². The molecule has 2 amide bonds. The van der Waals surface area contributed by atoms with E-state index in [-0.39, 0.29) is 24.2 Å². The second-order valence-corrected chi connectivity index (χ2v) is 6.38. The van der Waals surface area contributed by atoms with Crippen molar-refractivity contribution in [2.45, 2.75) is 13.3 Å². The van der Waals surface area contributed by atoms with Gasteiger partial charge in [-0.25, -0.2) is 4.98 Å². The minimum atomic E-state index is -0.327. The van der Waals surface area contributed by atoms with Gasteiger partial charge in [0.15, 0.2) is 5.75 Å². The number of benzene rings is 2. The van der Waals surface area contributed by atoms with Gasteiger partial charge in [-0.2, -0.15) is 0 Å². The number of hydrogen-bond donors (Lipinski definition) is 1. The zero-order valence-electron chi connectivity index (χ0n) is 15.4. The molecule has 140 valence electrons. The molecule has 1 aromatic heterocycles. The van der Waals surface area contributed by atoms with E-state index in [9.17, 15) is 9.59 Å². The highest BCUT2D eigenvalue weighted by Gasteiger charge is 2.30. The van der Waals surface area contributed by atoms with Gasteiger partial charge in [0.1, 0.15) is 12.1 Å². The van der Waals surface area contributed by atoms with Gasteiger partial charge in [0.05, 0.1) is 5.69 Å². The number of carbonyl (C=O) groups excluding carboxylic acids is 2. The van der Waals surface area contributed by atoms with E-state index in [1.165, 1.54) is 4.90 Å². The number of para-hydroxylation sites is 3. The molecular weight excluding hydrogens is 354 g/mol. The molecule has 2 aromatic carbocycles. The van der Waals surface area contributed by atoms with Crippen LogP contribution in [-0.2, 0) is 11.2 Å². The summed E-state index contributed by atoms with van der Waals surface area (Å²) < 4.78 is 5.83. The summed E-state index contributed by atoms with van der Waals surface area (Å²) in [6.07, 6.45) is 2.37. The Bertz CT molecular complexity index is 1050. The van der Waals surface area contributed by atoms with Gasteiger partial charge in [-0.15, -0.1) is 0 Å². The predicted molar refractivity (Wildman–Crippen MR) is 107 cm³/mol. The van der Waals surface area contributed by atoms with Crippen molar-refractivity contribution < 1.29 is 14.3 Å². The Hall–Kier alpha value is -3.67. The van der Waals surface area contributed by atoms with Crippen molar-refractivity contribution in [1.29, 1.82) is 0 Å². The molecule has 2 heterocycles. The molecule has 1 aliphatic rings. The Morgan fingerprint density at radius 3 is 2.71 bits per heavy atom. The molecule has 0 bridgehead atoms. The lowest BCUT2D eigenvalue weighted by molar-refractivity contribution is -0.114. The van der Waals surface area contributed by atoms with Crippen LogP contribution in [0.4, 0.5) is 11.4 Å². The van der Waals surface area contributed by atoms with Crippen LogP contribution in [0.3, 0.4) is 0 Å². The number of hydrogen-bond acceptors (Lipinski definition) is 4. The lowest BCUT2D eigenvalue weighted by Gasteiger charge is -2.21. The van der Waals surface area contributed by atoms with Gasteiger partial charge in [0.2, 0.25) is 11.8 Å². The van der Waals surface area contributed by atoms with Gasteiger partial charge in [-0.05, 0) is 42.3 Å². The Labute approximate surface area is 162 Å². The number of fused-ring (bicyclic) bond motifs is 2. The summed E-state index contributed by atoms with van der Waals surface area (Å²) in [5.41, 5.74) is 2.64. The highest BCUT2D eigenvalue weighted by molar-refractivity contribution is 6.12. The van der Waals surface area contributed by atoms with Crippen LogP contribution in [0.15, 0.2) is 66.9 Å². The number of anilines is 2. The van der Waals surface area contributed by atoms with E-state index >= 15 is 0 Å². The average molecular weight is 373 g/mol. The van der Waals surface area contributed by atoms with Crippen LogP contribution in [0, 0.1) is 0 Å². The van der Waals surface area contributed by atoms with E-state index in [0.29, 0.717) is 17.0 Å². The minimum absolute atomic E-state index is 0.133. The summed E-state index contributed by atoms with van der Waals surface area (Å²) in [5, 5.41) is 2.92. The van der Waals surface area contributed by atoms with Gasteiger partial charge in [0.25, 0.3) is 5.91 Å². The topological polar surface area (TPSA) is 71.5 Å². The normalized spacial score (nSPS) is 12.5. The number of nitrogens with zero attached hydrogens (tertiary/aromatic N) is 2. The fourth-order valence-corrected chi connectivity index (χ4v) is 3.20. The second-order valence-electron chi connectivity index (χ2n) is 6.38. The van der Waals surface area contributed by atoms with E-state index in [0.717, 1.165) is 17.7 Å². The van der Waals surface area contributed by atoms with Gasteiger partial charge in [0, 0.05) is 11.9 Å². The molecule has 6 heteroatoms. The highest BCUT2D eigenvalue weighted by atomic mass is 16.5. The smallest absolute Gasteiger partial charge is 0.264 e. The van der Waals surface area contributed by atoms with Crippen LogP contribution in [0.5, 0.6) is 11.6 Å². The number of rotatable bonds is 4. The van der Waals surface area contributed by atoms with Crippen LogP contribution in [-0.4, -0.2) is 23.3 Å². The minimum Gasteiger partial charge on any atom is -0.436 e. The van der Waals surface area contributed by atoms with Crippen molar-refractivity contribution in [2.24, 2.45) is 0 Å². The first-order chi connectivity index (χ1) is 13.7. The van der Waals surface area contributed by atoms with E-state index < -0.39 is 0 Å². The predicted octanol–water partition coefficient (Wildman–Crippen LogP) is 4.04. The first-order valence-electron chi connectivity index (χ1n) is 9.09.